The molecule has 28 heavy (non-hydrogen) atoms. The number of para-hydroxylation sites is 1. The minimum atomic E-state index is -0.297. The number of likely N-dealkylation sites (N-methyl/N-ethyl adjacent to an activating group) is 1. The topological polar surface area (TPSA) is 79.9 Å². The summed E-state index contributed by atoms with van der Waals surface area (Å²) in [4.78, 5) is 26.1. The molecule has 0 saturated carbocycles. The van der Waals surface area contributed by atoms with Gasteiger partial charge in [0.2, 0.25) is 11.8 Å². The molecule has 9 heteroatoms. The first-order chi connectivity index (χ1) is 13.4. The van der Waals surface area contributed by atoms with Crippen molar-refractivity contribution in [3.63, 3.8) is 0 Å². The van der Waals surface area contributed by atoms with Crippen LogP contribution in [0.4, 0.5) is 11.4 Å². The van der Waals surface area contributed by atoms with Gasteiger partial charge in [-0.05, 0) is 35.1 Å². The van der Waals surface area contributed by atoms with E-state index in [1.807, 2.05) is 18.2 Å². The van der Waals surface area contributed by atoms with Gasteiger partial charge in [-0.15, -0.1) is 0 Å². The van der Waals surface area contributed by atoms with Gasteiger partial charge in [-0.2, -0.15) is 0 Å². The van der Waals surface area contributed by atoms with E-state index in [2.05, 4.69) is 26.6 Å². The molecule has 0 unspecified atom stereocenters. The summed E-state index contributed by atoms with van der Waals surface area (Å²) in [6.45, 7) is 0.983. The Morgan fingerprint density at radius 1 is 1.04 bits per heavy atom. The number of hydrogen-bond donors (Lipinski definition) is 2. The molecule has 2 amide bonds. The Kier molecular flexibility index (Phi) is 6.77. The third kappa shape index (κ3) is 5.37. The van der Waals surface area contributed by atoms with Gasteiger partial charge in [-0.1, -0.05) is 23.7 Å². The molecule has 2 aromatic rings. The molecule has 1 aliphatic rings. The summed E-state index contributed by atoms with van der Waals surface area (Å²) >= 11 is 9.58. The number of hydrogen-bond acceptors (Lipinski definition) is 5. The SMILES string of the molecule is CN(CC(=O)Nc1cc2c(cc1Cl)OCCO2)CC(=O)Nc1ccccc1Br. The average Bonchev–Trinajstić information content (AvgIpc) is 2.64. The number of ether oxygens (including phenoxy) is 2. The van der Waals surface area contributed by atoms with Crippen LogP contribution in [0.25, 0.3) is 0 Å². The molecule has 0 aromatic heterocycles. The van der Waals surface area contributed by atoms with Crippen molar-refractivity contribution in [2.24, 2.45) is 0 Å². The van der Waals surface area contributed by atoms with Crippen molar-refractivity contribution in [3.05, 3.63) is 45.9 Å². The molecule has 3 rings (SSSR count). The Bertz CT molecular complexity index is 893. The van der Waals surface area contributed by atoms with Crippen molar-refractivity contribution >= 4 is 50.7 Å². The Hall–Kier alpha value is -2.29. The predicted octanol–water partition coefficient (Wildman–Crippen LogP) is 3.38. The highest BCUT2D eigenvalue weighted by atomic mass is 79.9. The standard InChI is InChI=1S/C19H19BrClN3O4/c1-24(10-18(25)22-14-5-3-2-4-12(14)20)11-19(26)23-15-9-17-16(8-13(15)21)27-6-7-28-17/h2-5,8-9H,6-7,10-11H2,1H3,(H,22,25)(H,23,26). The van der Waals surface area contributed by atoms with Gasteiger partial charge in [0.25, 0.3) is 0 Å². The number of nitrogens with zero attached hydrogens (tertiary/aromatic N) is 1. The van der Waals surface area contributed by atoms with Gasteiger partial charge in [0.1, 0.15) is 13.2 Å². The van der Waals surface area contributed by atoms with E-state index < -0.39 is 0 Å². The fraction of sp³-hybridized carbons (Fsp3) is 0.263. The predicted molar refractivity (Wildman–Crippen MR) is 111 cm³/mol. The molecule has 0 bridgehead atoms. The highest BCUT2D eigenvalue weighted by Gasteiger charge is 2.17. The van der Waals surface area contributed by atoms with E-state index in [9.17, 15) is 9.59 Å². The second kappa shape index (κ2) is 9.27. The molecule has 0 atom stereocenters. The molecule has 1 heterocycles. The quantitative estimate of drug-likeness (QED) is 0.679. The maximum absolute atomic E-state index is 12.3. The fourth-order valence-electron chi connectivity index (χ4n) is 2.65. The smallest absolute Gasteiger partial charge is 0.238 e. The van der Waals surface area contributed by atoms with Crippen LogP contribution in [0.5, 0.6) is 11.5 Å². The fourth-order valence-corrected chi connectivity index (χ4v) is 3.23. The Labute approximate surface area is 176 Å². The van der Waals surface area contributed by atoms with Crippen LogP contribution in [-0.2, 0) is 9.59 Å². The number of amides is 2. The molecule has 0 aliphatic carbocycles. The Morgan fingerprint density at radius 3 is 2.25 bits per heavy atom. The summed E-state index contributed by atoms with van der Waals surface area (Å²) in [5, 5.41) is 5.89. The van der Waals surface area contributed by atoms with Crippen LogP contribution >= 0.6 is 27.5 Å². The molecule has 0 spiro atoms. The van der Waals surface area contributed by atoms with Crippen molar-refractivity contribution in [2.45, 2.75) is 0 Å². The first-order valence-corrected chi connectivity index (χ1v) is 9.71. The van der Waals surface area contributed by atoms with Crippen molar-refractivity contribution in [2.75, 3.05) is 44.0 Å². The maximum Gasteiger partial charge on any atom is 0.238 e. The number of carbonyl (C=O) groups excluding carboxylic acids is 2. The highest BCUT2D eigenvalue weighted by Crippen LogP contribution is 2.37. The zero-order valence-electron chi connectivity index (χ0n) is 15.1. The minimum Gasteiger partial charge on any atom is -0.486 e. The zero-order chi connectivity index (χ0) is 20.1. The zero-order valence-corrected chi connectivity index (χ0v) is 17.5. The molecule has 0 saturated heterocycles. The number of carbonyl (C=O) groups is 2. The van der Waals surface area contributed by atoms with Crippen LogP contribution < -0.4 is 20.1 Å². The normalized spacial score (nSPS) is 12.6. The molecule has 1 aliphatic heterocycles. The number of anilines is 2. The lowest BCUT2D eigenvalue weighted by Gasteiger charge is -2.20. The summed E-state index contributed by atoms with van der Waals surface area (Å²) in [7, 11) is 1.69. The van der Waals surface area contributed by atoms with Crippen LogP contribution in [-0.4, -0.2) is 50.1 Å². The monoisotopic (exact) mass is 467 g/mol. The maximum atomic E-state index is 12.3. The third-order valence-electron chi connectivity index (χ3n) is 3.88. The number of fused-ring (bicyclic) bond motifs is 1. The van der Waals surface area contributed by atoms with E-state index in [1.54, 1.807) is 30.1 Å². The number of rotatable bonds is 6. The Balaban J connectivity index is 1.53. The van der Waals surface area contributed by atoms with Crippen molar-refractivity contribution < 1.29 is 19.1 Å². The molecule has 0 radical (unpaired) electrons. The van der Waals surface area contributed by atoms with Crippen LogP contribution in [0.2, 0.25) is 5.02 Å². The van der Waals surface area contributed by atoms with E-state index in [0.29, 0.717) is 41.1 Å². The van der Waals surface area contributed by atoms with Crippen LogP contribution in [0, 0.1) is 0 Å². The van der Waals surface area contributed by atoms with E-state index in [-0.39, 0.29) is 24.9 Å². The molecule has 0 fully saturated rings. The van der Waals surface area contributed by atoms with Crippen LogP contribution in [0.15, 0.2) is 40.9 Å². The molecular formula is C19H19BrClN3O4. The summed E-state index contributed by atoms with van der Waals surface area (Å²) in [5.41, 5.74) is 1.11. The van der Waals surface area contributed by atoms with Crippen molar-refractivity contribution in [1.82, 2.24) is 4.90 Å². The van der Waals surface area contributed by atoms with Gasteiger partial charge < -0.3 is 20.1 Å². The lowest BCUT2D eigenvalue weighted by Crippen LogP contribution is -2.36. The third-order valence-corrected chi connectivity index (χ3v) is 4.89. The summed E-state index contributed by atoms with van der Waals surface area (Å²) in [5.74, 6) is 0.566. The summed E-state index contributed by atoms with van der Waals surface area (Å²) in [6.07, 6.45) is 0. The second-order valence-electron chi connectivity index (χ2n) is 6.22. The van der Waals surface area contributed by atoms with Crippen molar-refractivity contribution in [3.8, 4) is 11.5 Å². The number of halogens is 2. The summed E-state index contributed by atoms with van der Waals surface area (Å²) in [6, 6.07) is 10.6. The van der Waals surface area contributed by atoms with Gasteiger partial charge in [-0.25, -0.2) is 0 Å². The first kappa shape index (κ1) is 20.4. The highest BCUT2D eigenvalue weighted by molar-refractivity contribution is 9.10. The van der Waals surface area contributed by atoms with Gasteiger partial charge in [0.05, 0.1) is 29.5 Å². The van der Waals surface area contributed by atoms with Crippen LogP contribution in [0.3, 0.4) is 0 Å². The molecule has 2 N–H and O–H groups in total. The first-order valence-electron chi connectivity index (χ1n) is 8.54. The molecule has 2 aromatic carbocycles. The van der Waals surface area contributed by atoms with E-state index in [0.717, 1.165) is 4.47 Å². The van der Waals surface area contributed by atoms with E-state index in [1.165, 1.54) is 0 Å². The van der Waals surface area contributed by atoms with Crippen LogP contribution in [0.1, 0.15) is 0 Å². The minimum absolute atomic E-state index is 0.0220. The van der Waals surface area contributed by atoms with Gasteiger partial charge >= 0.3 is 0 Å². The van der Waals surface area contributed by atoms with E-state index in [4.69, 9.17) is 21.1 Å². The molecular weight excluding hydrogens is 450 g/mol. The summed E-state index contributed by atoms with van der Waals surface area (Å²) < 4.78 is 11.7. The second-order valence-corrected chi connectivity index (χ2v) is 7.49. The van der Waals surface area contributed by atoms with Gasteiger partial charge in [-0.3, -0.25) is 14.5 Å². The number of benzene rings is 2. The Morgan fingerprint density at radius 2 is 1.61 bits per heavy atom. The average molecular weight is 469 g/mol. The van der Waals surface area contributed by atoms with E-state index >= 15 is 0 Å². The van der Waals surface area contributed by atoms with Crippen molar-refractivity contribution in [1.29, 1.82) is 0 Å². The largest absolute Gasteiger partial charge is 0.486 e. The molecule has 148 valence electrons. The van der Waals surface area contributed by atoms with Gasteiger partial charge in [0.15, 0.2) is 11.5 Å². The lowest BCUT2D eigenvalue weighted by molar-refractivity contribution is -0.119. The lowest BCUT2D eigenvalue weighted by atomic mass is 10.2. The number of nitrogens with one attached hydrogen (secondary N) is 2. The molecule has 7 nitrogen and oxygen atoms in total. The van der Waals surface area contributed by atoms with Gasteiger partial charge in [0, 0.05) is 16.6 Å².